The van der Waals surface area contributed by atoms with Gasteiger partial charge in [-0.05, 0) is 31.2 Å². The molecule has 0 aliphatic heterocycles. The highest BCUT2D eigenvalue weighted by molar-refractivity contribution is 6.35. The van der Waals surface area contributed by atoms with E-state index in [1.54, 1.807) is 19.1 Å². The quantitative estimate of drug-likeness (QED) is 0.347. The zero-order valence-electron chi connectivity index (χ0n) is 19.0. The lowest BCUT2D eigenvalue weighted by Crippen LogP contribution is -2.28. The summed E-state index contributed by atoms with van der Waals surface area (Å²) in [4.78, 5) is 26.1. The van der Waals surface area contributed by atoms with Crippen LogP contribution in [-0.2, 0) is 0 Å². The van der Waals surface area contributed by atoms with E-state index in [1.165, 1.54) is 25.3 Å². The minimum absolute atomic E-state index is 0.0147. The van der Waals surface area contributed by atoms with Crippen molar-refractivity contribution in [2.75, 3.05) is 23.9 Å². The van der Waals surface area contributed by atoms with Crippen molar-refractivity contribution in [1.29, 1.82) is 5.26 Å². The average Bonchev–Trinajstić information content (AvgIpc) is 2.83. The standard InChI is InChI=1S/C23H19ClF2N8O2/c1-10(30-20-14(9-27)19(28)32-23(29)33-20)21-31-16-5-3-4-15(24)17(16)22(35)34(21)12-6-11(18(25)26)7-13(8-12)36-2/h3-8,10,18H,1-2H3,(H5,28,29,30,32,33)/t10-/m0/s1. The third-order valence-corrected chi connectivity index (χ3v) is 5.65. The molecule has 4 aromatic rings. The third kappa shape index (κ3) is 4.44. The van der Waals surface area contributed by atoms with Gasteiger partial charge in [0.1, 0.15) is 29.0 Å². The molecule has 0 saturated heterocycles. The highest BCUT2D eigenvalue weighted by Crippen LogP contribution is 2.30. The second-order valence-electron chi connectivity index (χ2n) is 7.68. The van der Waals surface area contributed by atoms with E-state index in [9.17, 15) is 18.8 Å². The maximum absolute atomic E-state index is 13.7. The zero-order valence-corrected chi connectivity index (χ0v) is 19.7. The van der Waals surface area contributed by atoms with Gasteiger partial charge in [-0.2, -0.15) is 15.2 Å². The van der Waals surface area contributed by atoms with Crippen molar-refractivity contribution in [2.24, 2.45) is 0 Å². The molecular formula is C23H19ClF2N8O2. The van der Waals surface area contributed by atoms with E-state index in [2.05, 4.69) is 20.3 Å². The number of hydrogen-bond acceptors (Lipinski definition) is 9. The lowest BCUT2D eigenvalue weighted by atomic mass is 10.1. The van der Waals surface area contributed by atoms with Crippen molar-refractivity contribution in [3.63, 3.8) is 0 Å². The molecule has 0 amide bonds. The molecule has 4 rings (SSSR count). The Bertz CT molecular complexity index is 1590. The van der Waals surface area contributed by atoms with Gasteiger partial charge in [-0.25, -0.2) is 13.8 Å². The first-order valence-electron chi connectivity index (χ1n) is 10.4. The van der Waals surface area contributed by atoms with E-state index in [0.29, 0.717) is 0 Å². The number of benzene rings is 2. The highest BCUT2D eigenvalue weighted by atomic mass is 35.5. The normalized spacial score (nSPS) is 11.9. The van der Waals surface area contributed by atoms with E-state index in [0.717, 1.165) is 10.6 Å². The molecule has 10 nitrogen and oxygen atoms in total. The fourth-order valence-corrected chi connectivity index (χ4v) is 3.96. The number of nitriles is 1. The number of rotatable bonds is 6. The van der Waals surface area contributed by atoms with Gasteiger partial charge >= 0.3 is 0 Å². The SMILES string of the molecule is COc1cc(C(F)F)cc(-n2c([C@H](C)Nc3nc(N)nc(N)c3C#N)nc3cccc(Cl)c3c2=O)c1. The Morgan fingerprint density at radius 2 is 1.94 bits per heavy atom. The van der Waals surface area contributed by atoms with Gasteiger partial charge in [-0.1, -0.05) is 17.7 Å². The lowest BCUT2D eigenvalue weighted by molar-refractivity contribution is 0.151. The molecule has 5 N–H and O–H groups in total. The lowest BCUT2D eigenvalue weighted by Gasteiger charge is -2.21. The van der Waals surface area contributed by atoms with Gasteiger partial charge in [0, 0.05) is 11.6 Å². The molecule has 0 saturated carbocycles. The molecular weight excluding hydrogens is 494 g/mol. The van der Waals surface area contributed by atoms with Crippen LogP contribution in [0.3, 0.4) is 0 Å². The van der Waals surface area contributed by atoms with E-state index in [-0.39, 0.29) is 61.9 Å². The van der Waals surface area contributed by atoms with E-state index in [1.807, 2.05) is 6.07 Å². The Hall–Kier alpha value is -4.50. The molecule has 184 valence electrons. The Morgan fingerprint density at radius 3 is 2.61 bits per heavy atom. The van der Waals surface area contributed by atoms with Gasteiger partial charge in [0.2, 0.25) is 5.95 Å². The van der Waals surface area contributed by atoms with Crippen LogP contribution in [0.1, 0.15) is 36.3 Å². The van der Waals surface area contributed by atoms with Crippen LogP contribution in [-0.4, -0.2) is 26.6 Å². The minimum atomic E-state index is -2.82. The molecule has 2 heterocycles. The summed E-state index contributed by atoms with van der Waals surface area (Å²) in [6, 6.07) is 9.62. The predicted octanol–water partition coefficient (Wildman–Crippen LogP) is 3.98. The van der Waals surface area contributed by atoms with Crippen LogP contribution in [0.4, 0.5) is 26.4 Å². The van der Waals surface area contributed by atoms with Gasteiger partial charge in [0.15, 0.2) is 5.82 Å². The van der Waals surface area contributed by atoms with Crippen LogP contribution in [0.15, 0.2) is 41.2 Å². The van der Waals surface area contributed by atoms with Crippen molar-refractivity contribution >= 4 is 40.1 Å². The van der Waals surface area contributed by atoms with Gasteiger partial charge in [-0.15, -0.1) is 0 Å². The van der Waals surface area contributed by atoms with E-state index >= 15 is 0 Å². The molecule has 2 aromatic heterocycles. The highest BCUT2D eigenvalue weighted by Gasteiger charge is 2.23. The Labute approximate surface area is 208 Å². The first-order chi connectivity index (χ1) is 17.1. The Balaban J connectivity index is 2.00. The number of nitrogens with one attached hydrogen (secondary N) is 1. The second kappa shape index (κ2) is 9.63. The molecule has 0 radical (unpaired) electrons. The summed E-state index contributed by atoms with van der Waals surface area (Å²) in [5.74, 6) is -0.0663. The maximum Gasteiger partial charge on any atom is 0.267 e. The van der Waals surface area contributed by atoms with E-state index < -0.39 is 18.0 Å². The summed E-state index contributed by atoms with van der Waals surface area (Å²) in [5, 5.41) is 12.7. The van der Waals surface area contributed by atoms with Crippen LogP contribution in [0.5, 0.6) is 5.75 Å². The fraction of sp³-hybridized carbons (Fsp3) is 0.174. The maximum atomic E-state index is 13.7. The monoisotopic (exact) mass is 512 g/mol. The van der Waals surface area contributed by atoms with Gasteiger partial charge in [0.05, 0.1) is 34.8 Å². The molecule has 0 aliphatic carbocycles. The molecule has 2 aromatic carbocycles. The van der Waals surface area contributed by atoms with Gasteiger partial charge in [-0.3, -0.25) is 9.36 Å². The second-order valence-corrected chi connectivity index (χ2v) is 8.09. The van der Waals surface area contributed by atoms with Gasteiger partial charge in [0.25, 0.3) is 12.0 Å². The van der Waals surface area contributed by atoms with Crippen molar-refractivity contribution in [1.82, 2.24) is 19.5 Å². The molecule has 0 aliphatic rings. The number of nitrogens with two attached hydrogens (primary N) is 2. The number of fused-ring (bicyclic) bond motifs is 1. The third-order valence-electron chi connectivity index (χ3n) is 5.34. The average molecular weight is 513 g/mol. The van der Waals surface area contributed by atoms with Crippen molar-refractivity contribution in [3.8, 4) is 17.5 Å². The number of alkyl halides is 2. The number of nitrogens with zero attached hydrogens (tertiary/aromatic N) is 5. The van der Waals surface area contributed by atoms with Crippen LogP contribution in [0.2, 0.25) is 5.02 Å². The first kappa shape index (κ1) is 24.6. The Morgan fingerprint density at radius 1 is 1.19 bits per heavy atom. The van der Waals surface area contributed by atoms with Crippen molar-refractivity contribution in [3.05, 3.63) is 68.7 Å². The van der Waals surface area contributed by atoms with Crippen LogP contribution in [0, 0.1) is 11.3 Å². The largest absolute Gasteiger partial charge is 0.497 e. The molecule has 36 heavy (non-hydrogen) atoms. The molecule has 0 bridgehead atoms. The molecule has 13 heteroatoms. The number of aromatic nitrogens is 4. The molecule has 0 spiro atoms. The Kier molecular flexibility index (Phi) is 6.59. The van der Waals surface area contributed by atoms with Crippen LogP contribution >= 0.6 is 11.6 Å². The summed E-state index contributed by atoms with van der Waals surface area (Å²) < 4.78 is 33.6. The molecule has 1 atom stereocenters. The summed E-state index contributed by atoms with van der Waals surface area (Å²) in [5.41, 5.74) is 10.8. The minimum Gasteiger partial charge on any atom is -0.497 e. The number of methoxy groups -OCH3 is 1. The van der Waals surface area contributed by atoms with Crippen molar-refractivity contribution < 1.29 is 13.5 Å². The summed E-state index contributed by atoms with van der Waals surface area (Å²) in [6.45, 7) is 1.64. The zero-order chi connectivity index (χ0) is 26.1. The smallest absolute Gasteiger partial charge is 0.267 e. The van der Waals surface area contributed by atoms with Crippen LogP contribution < -0.4 is 27.1 Å². The number of hydrogen-bond donors (Lipinski definition) is 3. The summed E-state index contributed by atoms with van der Waals surface area (Å²) in [6.07, 6.45) is -2.82. The predicted molar refractivity (Wildman–Crippen MR) is 131 cm³/mol. The number of anilines is 3. The fourth-order valence-electron chi connectivity index (χ4n) is 3.71. The number of halogens is 3. The molecule has 0 unspecified atom stereocenters. The van der Waals surface area contributed by atoms with E-state index in [4.69, 9.17) is 27.8 Å². The number of ether oxygens (including phenoxy) is 1. The molecule has 0 fully saturated rings. The van der Waals surface area contributed by atoms with Crippen molar-refractivity contribution in [2.45, 2.75) is 19.4 Å². The van der Waals surface area contributed by atoms with Crippen LogP contribution in [0.25, 0.3) is 16.6 Å². The topological polar surface area (TPSA) is 158 Å². The summed E-state index contributed by atoms with van der Waals surface area (Å²) >= 11 is 6.30. The summed E-state index contributed by atoms with van der Waals surface area (Å²) in [7, 11) is 1.32. The van der Waals surface area contributed by atoms with Gasteiger partial charge < -0.3 is 21.5 Å². The first-order valence-corrected chi connectivity index (χ1v) is 10.8. The number of nitrogen functional groups attached to an aromatic ring is 2.